The lowest BCUT2D eigenvalue weighted by Crippen LogP contribution is -2.16. The Kier molecular flexibility index (Phi) is 5.78. The van der Waals surface area contributed by atoms with E-state index in [-0.39, 0.29) is 5.91 Å². The lowest BCUT2D eigenvalue weighted by Gasteiger charge is -2.08. The molecule has 2 aromatic heterocycles. The van der Waals surface area contributed by atoms with Gasteiger partial charge in [0.25, 0.3) is 0 Å². The van der Waals surface area contributed by atoms with Crippen molar-refractivity contribution in [3.63, 3.8) is 0 Å². The van der Waals surface area contributed by atoms with E-state index in [1.165, 1.54) is 17.3 Å². The third-order valence-corrected chi connectivity index (χ3v) is 6.39. The zero-order valence-corrected chi connectivity index (χ0v) is 17.8. The maximum Gasteiger partial charge on any atom is 0.235 e. The minimum atomic E-state index is -0.0876. The van der Waals surface area contributed by atoms with E-state index in [2.05, 4.69) is 29.4 Å². The Hall–Kier alpha value is -2.90. The van der Waals surface area contributed by atoms with Crippen molar-refractivity contribution in [2.75, 3.05) is 11.1 Å². The second-order valence-electron chi connectivity index (χ2n) is 6.62. The van der Waals surface area contributed by atoms with Gasteiger partial charge in [0.15, 0.2) is 4.34 Å². The number of thiazole rings is 1. The number of aromatic nitrogens is 3. The summed E-state index contributed by atoms with van der Waals surface area (Å²) in [7, 11) is 0. The summed E-state index contributed by atoms with van der Waals surface area (Å²) in [4.78, 5) is 17.0. The van der Waals surface area contributed by atoms with E-state index in [1.807, 2.05) is 60.8 Å². The fraction of sp³-hybridized carbons (Fsp3) is 0.136. The normalized spacial score (nSPS) is 10.8. The summed E-state index contributed by atoms with van der Waals surface area (Å²) in [6, 6.07) is 19.9. The summed E-state index contributed by atoms with van der Waals surface area (Å²) in [6.07, 6.45) is 0. The van der Waals surface area contributed by atoms with Crippen LogP contribution >= 0.6 is 23.1 Å². The number of carbonyl (C=O) groups is 1. The molecule has 0 atom stereocenters. The van der Waals surface area contributed by atoms with Crippen LogP contribution in [0.5, 0.6) is 0 Å². The molecule has 0 saturated carbocycles. The molecule has 4 aromatic rings. The molecular weight excluding hydrogens is 400 g/mol. The highest BCUT2D eigenvalue weighted by molar-refractivity contribution is 8.01. The number of aryl methyl sites for hydroxylation is 2. The number of hydrogen-bond donors (Lipinski definition) is 1. The lowest BCUT2D eigenvalue weighted by atomic mass is 10.1. The number of nitrogens with zero attached hydrogens (tertiary/aromatic N) is 3. The SMILES string of the molecule is Cc1ccc(-c2cc(NC(=O)CSc3nc(C)cs3)n(-c3ccccc3)n2)cc1. The van der Waals surface area contributed by atoms with Crippen LogP contribution in [0.15, 0.2) is 70.4 Å². The quantitative estimate of drug-likeness (QED) is 0.428. The smallest absolute Gasteiger partial charge is 0.235 e. The van der Waals surface area contributed by atoms with E-state index in [1.54, 1.807) is 16.0 Å². The van der Waals surface area contributed by atoms with Crippen LogP contribution in [0.2, 0.25) is 0 Å². The monoisotopic (exact) mass is 420 g/mol. The molecule has 0 saturated heterocycles. The number of thioether (sulfide) groups is 1. The summed E-state index contributed by atoms with van der Waals surface area (Å²) in [5.74, 6) is 0.857. The topological polar surface area (TPSA) is 59.8 Å². The van der Waals surface area contributed by atoms with E-state index in [9.17, 15) is 4.79 Å². The molecule has 146 valence electrons. The predicted molar refractivity (Wildman–Crippen MR) is 120 cm³/mol. The molecule has 0 aliphatic carbocycles. The molecule has 0 aliphatic heterocycles. The van der Waals surface area contributed by atoms with Gasteiger partial charge in [-0.2, -0.15) is 5.10 Å². The van der Waals surface area contributed by atoms with Crippen LogP contribution in [-0.4, -0.2) is 26.4 Å². The highest BCUT2D eigenvalue weighted by Gasteiger charge is 2.14. The molecule has 5 nitrogen and oxygen atoms in total. The molecule has 0 aliphatic rings. The van der Waals surface area contributed by atoms with Crippen molar-refractivity contribution in [1.82, 2.24) is 14.8 Å². The molecule has 1 amide bonds. The predicted octanol–water partition coefficient (Wildman–Crippen LogP) is 5.34. The summed E-state index contributed by atoms with van der Waals surface area (Å²) in [6.45, 7) is 4.01. The van der Waals surface area contributed by atoms with Crippen molar-refractivity contribution in [3.8, 4) is 16.9 Å². The number of para-hydroxylation sites is 1. The first kappa shape index (κ1) is 19.4. The number of rotatable bonds is 6. The van der Waals surface area contributed by atoms with Crippen molar-refractivity contribution in [2.45, 2.75) is 18.2 Å². The number of benzene rings is 2. The van der Waals surface area contributed by atoms with E-state index in [0.717, 1.165) is 27.0 Å². The van der Waals surface area contributed by atoms with Gasteiger partial charge in [-0.1, -0.05) is 59.8 Å². The van der Waals surface area contributed by atoms with Crippen molar-refractivity contribution < 1.29 is 4.79 Å². The highest BCUT2D eigenvalue weighted by Crippen LogP contribution is 2.26. The van der Waals surface area contributed by atoms with Crippen molar-refractivity contribution in [2.24, 2.45) is 0 Å². The van der Waals surface area contributed by atoms with Gasteiger partial charge in [-0.25, -0.2) is 9.67 Å². The average Bonchev–Trinajstić information content (AvgIpc) is 3.34. The number of amides is 1. The van der Waals surface area contributed by atoms with Crippen LogP contribution in [0, 0.1) is 13.8 Å². The summed E-state index contributed by atoms with van der Waals surface area (Å²) >= 11 is 3.00. The van der Waals surface area contributed by atoms with Crippen molar-refractivity contribution in [1.29, 1.82) is 0 Å². The number of nitrogens with one attached hydrogen (secondary N) is 1. The third kappa shape index (κ3) is 4.75. The van der Waals surface area contributed by atoms with E-state index in [4.69, 9.17) is 5.10 Å². The molecule has 0 spiro atoms. The van der Waals surface area contributed by atoms with Crippen LogP contribution in [0.1, 0.15) is 11.3 Å². The zero-order valence-electron chi connectivity index (χ0n) is 16.1. The third-order valence-electron chi connectivity index (χ3n) is 4.25. The number of carbonyl (C=O) groups excluding carboxylic acids is 1. The zero-order chi connectivity index (χ0) is 20.2. The first-order valence-corrected chi connectivity index (χ1v) is 11.0. The molecule has 2 aromatic carbocycles. The molecule has 0 radical (unpaired) electrons. The van der Waals surface area contributed by atoms with Crippen LogP contribution in [0.25, 0.3) is 16.9 Å². The van der Waals surface area contributed by atoms with Gasteiger partial charge in [-0.3, -0.25) is 4.79 Å². The Morgan fingerprint density at radius 2 is 1.86 bits per heavy atom. The minimum Gasteiger partial charge on any atom is -0.310 e. The summed E-state index contributed by atoms with van der Waals surface area (Å²) < 4.78 is 2.67. The van der Waals surface area contributed by atoms with Gasteiger partial charge in [0.2, 0.25) is 5.91 Å². The molecule has 2 heterocycles. The molecule has 7 heteroatoms. The van der Waals surface area contributed by atoms with Crippen molar-refractivity contribution in [3.05, 3.63) is 77.3 Å². The fourth-order valence-corrected chi connectivity index (χ4v) is 4.46. The fourth-order valence-electron chi connectivity index (χ4n) is 2.81. The van der Waals surface area contributed by atoms with Gasteiger partial charge in [0.1, 0.15) is 5.82 Å². The average molecular weight is 421 g/mol. The van der Waals surface area contributed by atoms with Gasteiger partial charge in [-0.05, 0) is 26.0 Å². The van der Waals surface area contributed by atoms with Crippen LogP contribution in [0.3, 0.4) is 0 Å². The molecule has 29 heavy (non-hydrogen) atoms. The summed E-state index contributed by atoms with van der Waals surface area (Å²) in [5.41, 5.74) is 4.88. The molecule has 4 rings (SSSR count). The van der Waals surface area contributed by atoms with Crippen LogP contribution in [-0.2, 0) is 4.79 Å². The Bertz CT molecular complexity index is 1120. The first-order valence-electron chi connectivity index (χ1n) is 9.16. The Labute approximate surface area is 177 Å². The number of hydrogen-bond acceptors (Lipinski definition) is 5. The van der Waals surface area contributed by atoms with Crippen LogP contribution < -0.4 is 5.32 Å². The molecule has 0 fully saturated rings. The Morgan fingerprint density at radius 3 is 2.55 bits per heavy atom. The van der Waals surface area contributed by atoms with E-state index >= 15 is 0 Å². The van der Waals surface area contributed by atoms with E-state index in [0.29, 0.717) is 11.6 Å². The van der Waals surface area contributed by atoms with Gasteiger partial charge >= 0.3 is 0 Å². The van der Waals surface area contributed by atoms with Gasteiger partial charge < -0.3 is 5.32 Å². The second kappa shape index (κ2) is 8.63. The molecular formula is C22H20N4OS2. The highest BCUT2D eigenvalue weighted by atomic mass is 32.2. The molecule has 0 bridgehead atoms. The Morgan fingerprint density at radius 1 is 1.10 bits per heavy atom. The maximum atomic E-state index is 12.6. The van der Waals surface area contributed by atoms with Gasteiger partial charge in [-0.15, -0.1) is 11.3 Å². The minimum absolute atomic E-state index is 0.0876. The Balaban J connectivity index is 1.58. The van der Waals surface area contributed by atoms with Gasteiger partial charge in [0, 0.05) is 22.7 Å². The largest absolute Gasteiger partial charge is 0.310 e. The molecule has 0 unspecified atom stereocenters. The molecule has 1 N–H and O–H groups in total. The van der Waals surface area contributed by atoms with Crippen LogP contribution in [0.4, 0.5) is 5.82 Å². The maximum absolute atomic E-state index is 12.6. The second-order valence-corrected chi connectivity index (χ2v) is 8.70. The van der Waals surface area contributed by atoms with E-state index < -0.39 is 0 Å². The van der Waals surface area contributed by atoms with Crippen molar-refractivity contribution >= 4 is 34.8 Å². The lowest BCUT2D eigenvalue weighted by molar-refractivity contribution is -0.113. The standard InChI is InChI=1S/C22H20N4OS2/c1-15-8-10-17(11-9-15)19-12-20(26(25-19)18-6-4-3-5-7-18)24-21(27)14-29-22-23-16(2)13-28-22/h3-13H,14H2,1-2H3,(H,24,27). The van der Waals surface area contributed by atoms with Gasteiger partial charge in [0.05, 0.1) is 17.1 Å². The first-order chi connectivity index (χ1) is 14.1. The summed E-state index contributed by atoms with van der Waals surface area (Å²) in [5, 5.41) is 9.73. The number of anilines is 1.